The largest absolute Gasteiger partial charge is 0.496 e. The van der Waals surface area contributed by atoms with Crippen molar-refractivity contribution in [2.75, 3.05) is 19.5 Å². The van der Waals surface area contributed by atoms with Crippen molar-refractivity contribution in [2.24, 2.45) is 0 Å². The second-order valence-electron chi connectivity index (χ2n) is 3.25. The number of aromatic nitrogens is 2. The number of ether oxygens (including phenoxy) is 1. The molecule has 0 radical (unpaired) electrons. The Balaban J connectivity index is 2.42. The highest BCUT2D eigenvalue weighted by Crippen LogP contribution is 2.27. The summed E-state index contributed by atoms with van der Waals surface area (Å²) < 4.78 is 5.27. The van der Waals surface area contributed by atoms with Crippen molar-refractivity contribution < 1.29 is 4.74 Å². The van der Waals surface area contributed by atoms with Crippen LogP contribution in [-0.4, -0.2) is 24.4 Å². The molecule has 1 aromatic heterocycles. The molecule has 0 saturated carbocycles. The lowest BCUT2D eigenvalue weighted by Gasteiger charge is -2.07. The molecule has 0 aliphatic heterocycles. The molecule has 1 aromatic carbocycles. The molecule has 0 unspecified atom stereocenters. The molecule has 0 bridgehead atoms. The first-order chi connectivity index (χ1) is 7.85. The van der Waals surface area contributed by atoms with Crippen LogP contribution in [0.15, 0.2) is 36.4 Å². The van der Waals surface area contributed by atoms with Gasteiger partial charge < -0.3 is 10.1 Å². The fraction of sp³-hybridized carbons (Fsp3) is 0.167. The van der Waals surface area contributed by atoms with E-state index < -0.39 is 0 Å². The van der Waals surface area contributed by atoms with Crippen molar-refractivity contribution in [1.29, 1.82) is 0 Å². The summed E-state index contributed by atoms with van der Waals surface area (Å²) in [5, 5.41) is 11.1. The lowest BCUT2D eigenvalue weighted by molar-refractivity contribution is 0.416. The number of benzene rings is 1. The summed E-state index contributed by atoms with van der Waals surface area (Å²) in [5.41, 5.74) is 1.75. The predicted molar refractivity (Wildman–Crippen MR) is 63.6 cm³/mol. The summed E-state index contributed by atoms with van der Waals surface area (Å²) in [5.74, 6) is 1.55. The second kappa shape index (κ2) is 4.61. The molecule has 0 aliphatic carbocycles. The van der Waals surface area contributed by atoms with E-state index in [2.05, 4.69) is 15.5 Å². The molecule has 2 rings (SSSR count). The third-order valence-electron chi connectivity index (χ3n) is 2.30. The second-order valence-corrected chi connectivity index (χ2v) is 3.25. The molecule has 0 aliphatic rings. The minimum atomic E-state index is 0.749. The van der Waals surface area contributed by atoms with Crippen LogP contribution in [0.1, 0.15) is 0 Å². The molecule has 0 atom stereocenters. The van der Waals surface area contributed by atoms with E-state index >= 15 is 0 Å². The normalized spacial score (nSPS) is 9.88. The van der Waals surface area contributed by atoms with Crippen LogP contribution in [0.3, 0.4) is 0 Å². The average Bonchev–Trinajstić information content (AvgIpc) is 2.39. The van der Waals surface area contributed by atoms with E-state index in [0.717, 1.165) is 22.8 Å². The molecular formula is C12H13N3O. The Bertz CT molecular complexity index is 468. The molecule has 2 aromatic rings. The smallest absolute Gasteiger partial charge is 0.148 e. The predicted octanol–water partition coefficient (Wildman–Crippen LogP) is 2.19. The van der Waals surface area contributed by atoms with Crippen molar-refractivity contribution in [3.8, 4) is 17.0 Å². The van der Waals surface area contributed by atoms with Crippen molar-refractivity contribution in [3.05, 3.63) is 36.4 Å². The van der Waals surface area contributed by atoms with Gasteiger partial charge >= 0.3 is 0 Å². The number of hydrogen-bond donors (Lipinski definition) is 1. The Morgan fingerprint density at radius 2 is 1.88 bits per heavy atom. The lowest BCUT2D eigenvalue weighted by Crippen LogP contribution is -1.96. The molecule has 0 fully saturated rings. The maximum Gasteiger partial charge on any atom is 0.148 e. The highest BCUT2D eigenvalue weighted by molar-refractivity contribution is 5.67. The number of anilines is 1. The monoisotopic (exact) mass is 215 g/mol. The van der Waals surface area contributed by atoms with Crippen LogP contribution >= 0.6 is 0 Å². The molecule has 1 N–H and O–H groups in total. The fourth-order valence-electron chi connectivity index (χ4n) is 1.47. The maximum absolute atomic E-state index is 5.27. The average molecular weight is 215 g/mol. The van der Waals surface area contributed by atoms with Crippen LogP contribution in [0.4, 0.5) is 5.82 Å². The van der Waals surface area contributed by atoms with Crippen molar-refractivity contribution in [3.63, 3.8) is 0 Å². The number of nitrogens with one attached hydrogen (secondary N) is 1. The SMILES string of the molecule is CNc1ccc(-c2ccccc2OC)nn1. The summed E-state index contributed by atoms with van der Waals surface area (Å²) in [7, 11) is 3.46. The Kier molecular flexibility index (Phi) is 3.00. The number of methoxy groups -OCH3 is 1. The Morgan fingerprint density at radius 1 is 1.06 bits per heavy atom. The molecular weight excluding hydrogens is 202 g/mol. The van der Waals surface area contributed by atoms with Gasteiger partial charge in [-0.05, 0) is 24.3 Å². The zero-order chi connectivity index (χ0) is 11.4. The zero-order valence-electron chi connectivity index (χ0n) is 9.27. The van der Waals surface area contributed by atoms with Gasteiger partial charge in [-0.1, -0.05) is 12.1 Å². The molecule has 0 saturated heterocycles. The Hall–Kier alpha value is -2.10. The van der Waals surface area contributed by atoms with Gasteiger partial charge in [0.2, 0.25) is 0 Å². The van der Waals surface area contributed by atoms with Gasteiger partial charge in [-0.2, -0.15) is 0 Å². The van der Waals surface area contributed by atoms with Gasteiger partial charge in [0.15, 0.2) is 0 Å². The fourth-order valence-corrected chi connectivity index (χ4v) is 1.47. The van der Waals surface area contributed by atoms with Gasteiger partial charge in [0.25, 0.3) is 0 Å². The van der Waals surface area contributed by atoms with Crippen molar-refractivity contribution in [2.45, 2.75) is 0 Å². The standard InChI is InChI=1S/C12H13N3O/c1-13-12-8-7-10(14-15-12)9-5-3-4-6-11(9)16-2/h3-8H,1-2H3,(H,13,15). The molecule has 16 heavy (non-hydrogen) atoms. The first-order valence-electron chi connectivity index (χ1n) is 5.00. The van der Waals surface area contributed by atoms with Crippen LogP contribution in [0.25, 0.3) is 11.3 Å². The number of hydrogen-bond acceptors (Lipinski definition) is 4. The number of para-hydroxylation sites is 1. The maximum atomic E-state index is 5.27. The summed E-state index contributed by atoms with van der Waals surface area (Å²) in [6.45, 7) is 0. The summed E-state index contributed by atoms with van der Waals surface area (Å²) >= 11 is 0. The van der Waals surface area contributed by atoms with Crippen LogP contribution in [-0.2, 0) is 0 Å². The molecule has 0 amide bonds. The minimum absolute atomic E-state index is 0.749. The van der Waals surface area contributed by atoms with Gasteiger partial charge in [0, 0.05) is 12.6 Å². The van der Waals surface area contributed by atoms with Crippen LogP contribution in [0, 0.1) is 0 Å². The Labute approximate surface area is 94.3 Å². The highest BCUT2D eigenvalue weighted by atomic mass is 16.5. The summed E-state index contributed by atoms with van der Waals surface area (Å²) in [6.07, 6.45) is 0. The minimum Gasteiger partial charge on any atom is -0.496 e. The van der Waals surface area contributed by atoms with Gasteiger partial charge in [-0.25, -0.2) is 0 Å². The van der Waals surface area contributed by atoms with E-state index in [4.69, 9.17) is 4.74 Å². The first-order valence-corrected chi connectivity index (χ1v) is 5.00. The third kappa shape index (κ3) is 1.95. The highest BCUT2D eigenvalue weighted by Gasteiger charge is 2.06. The third-order valence-corrected chi connectivity index (χ3v) is 2.30. The van der Waals surface area contributed by atoms with Gasteiger partial charge in [0.1, 0.15) is 11.6 Å². The van der Waals surface area contributed by atoms with E-state index in [1.165, 1.54) is 0 Å². The number of rotatable bonds is 3. The van der Waals surface area contributed by atoms with E-state index in [9.17, 15) is 0 Å². The van der Waals surface area contributed by atoms with E-state index in [0.29, 0.717) is 0 Å². The summed E-state index contributed by atoms with van der Waals surface area (Å²) in [4.78, 5) is 0. The van der Waals surface area contributed by atoms with Crippen LogP contribution < -0.4 is 10.1 Å². The molecule has 82 valence electrons. The topological polar surface area (TPSA) is 47.0 Å². The van der Waals surface area contributed by atoms with Gasteiger partial charge in [-0.15, -0.1) is 10.2 Å². The first kappa shape index (κ1) is 10.4. The van der Waals surface area contributed by atoms with Crippen LogP contribution in [0.2, 0.25) is 0 Å². The molecule has 1 heterocycles. The van der Waals surface area contributed by atoms with Gasteiger partial charge in [-0.3, -0.25) is 0 Å². The van der Waals surface area contributed by atoms with E-state index in [-0.39, 0.29) is 0 Å². The molecule has 0 spiro atoms. The van der Waals surface area contributed by atoms with E-state index in [1.54, 1.807) is 7.11 Å². The van der Waals surface area contributed by atoms with Gasteiger partial charge in [0.05, 0.1) is 12.8 Å². The lowest BCUT2D eigenvalue weighted by atomic mass is 10.1. The molecule has 4 nitrogen and oxygen atoms in total. The number of nitrogens with zero attached hydrogens (tertiary/aromatic N) is 2. The van der Waals surface area contributed by atoms with E-state index in [1.807, 2.05) is 43.4 Å². The van der Waals surface area contributed by atoms with Crippen LogP contribution in [0.5, 0.6) is 5.75 Å². The molecule has 4 heteroatoms. The Morgan fingerprint density at radius 3 is 2.50 bits per heavy atom. The van der Waals surface area contributed by atoms with Crippen molar-refractivity contribution in [1.82, 2.24) is 10.2 Å². The quantitative estimate of drug-likeness (QED) is 0.852. The zero-order valence-corrected chi connectivity index (χ0v) is 9.27. The van der Waals surface area contributed by atoms with Crippen molar-refractivity contribution >= 4 is 5.82 Å². The summed E-state index contributed by atoms with van der Waals surface area (Å²) in [6, 6.07) is 11.5.